The summed E-state index contributed by atoms with van der Waals surface area (Å²) in [5, 5.41) is 0. The van der Waals surface area contributed by atoms with Gasteiger partial charge in [0.25, 0.3) is 7.82 Å². The molecule has 0 bridgehead atoms. The van der Waals surface area contributed by atoms with E-state index in [1.807, 2.05) is 45.4 Å². The third kappa shape index (κ3) is 16.9. The van der Waals surface area contributed by atoms with Crippen LogP contribution in [0.1, 0.15) is 11.1 Å². The molecule has 0 N–H and O–H groups in total. The topological polar surface area (TPSA) is 130 Å². The lowest BCUT2D eigenvalue weighted by molar-refractivity contribution is -0.870. The van der Waals surface area contributed by atoms with E-state index in [1.54, 1.807) is 0 Å². The van der Waals surface area contributed by atoms with Crippen LogP contribution in [0.25, 0.3) is 0 Å². The lowest BCUT2D eigenvalue weighted by atomic mass is 10.2. The number of rotatable bonds is 18. The van der Waals surface area contributed by atoms with Gasteiger partial charge in [-0.3, -0.25) is 4.57 Å². The number of halogens is 6. The molecule has 0 aliphatic carbocycles. The minimum Gasteiger partial charge on any atom is -0.756 e. The number of esters is 2. The van der Waals surface area contributed by atoms with E-state index < -0.39 is 45.7 Å². The summed E-state index contributed by atoms with van der Waals surface area (Å²) in [7, 11) is 0.944. The second kappa shape index (κ2) is 20.4. The number of quaternary nitrogens is 1. The van der Waals surface area contributed by atoms with Crippen molar-refractivity contribution in [1.82, 2.24) is 0 Å². The number of phosphoric acid groups is 1. The van der Waals surface area contributed by atoms with Crippen LogP contribution in [-0.4, -0.2) is 83.2 Å². The summed E-state index contributed by atoms with van der Waals surface area (Å²) in [6, 6.07) is 7.99. The van der Waals surface area contributed by atoms with Crippen molar-refractivity contribution < 1.29 is 51.5 Å². The molecule has 2 aromatic carbocycles. The Morgan fingerprint density at radius 1 is 0.795 bits per heavy atom. The molecule has 0 radical (unpaired) electrons. The van der Waals surface area contributed by atoms with Crippen molar-refractivity contribution >= 4 is 155 Å². The number of hydrogen-bond donors (Lipinski definition) is 0. The first-order valence-electron chi connectivity index (χ1n) is 12.6. The van der Waals surface area contributed by atoms with Gasteiger partial charge in [-0.25, -0.2) is 9.59 Å². The Morgan fingerprint density at radius 2 is 1.30 bits per heavy atom. The van der Waals surface area contributed by atoms with Crippen LogP contribution in [-0.2, 0) is 55.4 Å². The van der Waals surface area contributed by atoms with Gasteiger partial charge < -0.3 is 37.4 Å². The molecule has 2 atom stereocenters. The van der Waals surface area contributed by atoms with E-state index >= 15 is 0 Å². The van der Waals surface area contributed by atoms with Gasteiger partial charge in [-0.2, -0.15) is 0 Å². The lowest BCUT2D eigenvalue weighted by Crippen LogP contribution is -2.37. The third-order valence-corrected chi connectivity index (χ3v) is 13.8. The summed E-state index contributed by atoms with van der Waals surface area (Å²) >= 11 is 13.3. The van der Waals surface area contributed by atoms with Crippen LogP contribution >= 0.6 is 143 Å². The number of likely N-dealkylation sites (N-methyl/N-ethyl adjacent to an activating group) is 1. The lowest BCUT2D eigenvalue weighted by Gasteiger charge is -2.28. The summed E-state index contributed by atoms with van der Waals surface area (Å²) in [5.41, 5.74) is 1.84. The first-order valence-corrected chi connectivity index (χ1v) is 20.6. The molecule has 246 valence electrons. The fourth-order valence-electron chi connectivity index (χ4n) is 3.12. The van der Waals surface area contributed by atoms with Gasteiger partial charge in [-0.05, 0) is 171 Å². The normalized spacial score (nSPS) is 13.8. The van der Waals surface area contributed by atoms with E-state index in [4.69, 9.17) is 28.0 Å². The average molecular weight is 1310 g/mol. The van der Waals surface area contributed by atoms with Gasteiger partial charge in [0, 0.05) is 21.4 Å². The maximum absolute atomic E-state index is 12.6. The first-order chi connectivity index (χ1) is 20.5. The Morgan fingerprint density at radius 3 is 1.80 bits per heavy atom. The Kier molecular flexibility index (Phi) is 19.5. The molecular weight excluding hydrogens is 1280 g/mol. The maximum Gasteiger partial charge on any atom is 0.332 e. The highest BCUT2D eigenvalue weighted by Gasteiger charge is 2.22. The van der Waals surface area contributed by atoms with Gasteiger partial charge >= 0.3 is 11.9 Å². The van der Waals surface area contributed by atoms with Crippen molar-refractivity contribution in [3.63, 3.8) is 0 Å². The van der Waals surface area contributed by atoms with Crippen LogP contribution in [0.3, 0.4) is 0 Å². The monoisotopic (exact) mass is 1310 g/mol. The molecule has 0 saturated heterocycles. The molecule has 1 unspecified atom stereocenters. The Bertz CT molecular complexity index is 1340. The van der Waals surface area contributed by atoms with E-state index in [0.29, 0.717) is 11.0 Å². The molecule has 0 aliphatic heterocycles. The van der Waals surface area contributed by atoms with Crippen LogP contribution in [0.5, 0.6) is 0 Å². The minimum absolute atomic E-state index is 0.0937. The molecule has 2 rings (SSSR count). The zero-order valence-electron chi connectivity index (χ0n) is 23.8. The van der Waals surface area contributed by atoms with Crippen LogP contribution in [0.15, 0.2) is 24.3 Å². The summed E-state index contributed by atoms with van der Waals surface area (Å²) < 4.78 is 50.6. The van der Waals surface area contributed by atoms with Gasteiger partial charge in [-0.15, -0.1) is 0 Å². The largest absolute Gasteiger partial charge is 0.756 e. The van der Waals surface area contributed by atoms with Crippen LogP contribution in [0, 0.1) is 21.4 Å². The summed E-state index contributed by atoms with van der Waals surface area (Å²) in [6.45, 7) is -1.15. The second-order valence-electron chi connectivity index (χ2n) is 10.1. The van der Waals surface area contributed by atoms with E-state index in [0.717, 1.165) is 32.5 Å². The molecule has 0 amide bonds. The second-order valence-corrected chi connectivity index (χ2v) is 18.5. The minimum atomic E-state index is -4.72. The Labute approximate surface area is 338 Å². The number of phosphoric ester groups is 1. The highest BCUT2D eigenvalue weighted by atomic mass is 127. The Hall–Kier alpha value is 1.75. The standard InChI is InChI=1S/C26H30I6NO10P/c1-33(2,3)4-5-41-44(36,37)42-13-20(43-24(35)15-39-11-17-7-19(28)9-22(30)26(17)32)12-40-23(34)14-38-10-16-6-18(27)8-21(29)25(16)31/h6-9,20H,4-5,10-15H2,1-3H3/t20-/m1/s1. The van der Waals surface area contributed by atoms with Gasteiger partial charge in [0.2, 0.25) is 0 Å². The zero-order chi connectivity index (χ0) is 33.1. The summed E-state index contributed by atoms with van der Waals surface area (Å²) in [4.78, 5) is 37.3. The smallest absolute Gasteiger partial charge is 0.332 e. The van der Waals surface area contributed by atoms with E-state index in [2.05, 4.69) is 136 Å². The van der Waals surface area contributed by atoms with Crippen molar-refractivity contribution in [2.24, 2.45) is 0 Å². The number of carbonyl (C=O) groups excluding carboxylic acids is 2. The summed E-state index contributed by atoms with van der Waals surface area (Å²) in [6.07, 6.45) is -1.24. The van der Waals surface area contributed by atoms with Crippen molar-refractivity contribution in [2.45, 2.75) is 19.3 Å². The predicted octanol–water partition coefficient (Wildman–Crippen LogP) is 5.71. The molecule has 0 saturated carbocycles. The van der Waals surface area contributed by atoms with Crippen LogP contribution in [0.4, 0.5) is 0 Å². The van der Waals surface area contributed by atoms with Crippen LogP contribution < -0.4 is 4.89 Å². The molecule has 0 heterocycles. The molecule has 0 fully saturated rings. The molecule has 0 aromatic heterocycles. The van der Waals surface area contributed by atoms with Gasteiger partial charge in [0.05, 0.1) is 41.0 Å². The number of nitrogens with zero attached hydrogens (tertiary/aromatic N) is 1. The fourth-order valence-corrected chi connectivity index (χ4v) is 8.71. The van der Waals surface area contributed by atoms with E-state index in [1.165, 1.54) is 0 Å². The number of benzene rings is 2. The third-order valence-electron chi connectivity index (χ3n) is 5.25. The fraction of sp³-hybridized carbons (Fsp3) is 0.462. The Balaban J connectivity index is 1.94. The molecule has 0 spiro atoms. The van der Waals surface area contributed by atoms with Crippen molar-refractivity contribution in [2.75, 3.05) is 60.7 Å². The quantitative estimate of drug-likeness (QED) is 0.0603. The predicted molar refractivity (Wildman–Crippen MR) is 212 cm³/mol. The zero-order valence-corrected chi connectivity index (χ0v) is 37.6. The first kappa shape index (κ1) is 41.9. The number of hydrogen-bond acceptors (Lipinski definition) is 10. The maximum atomic E-state index is 12.6. The highest BCUT2D eigenvalue weighted by Crippen LogP contribution is 2.38. The van der Waals surface area contributed by atoms with Crippen LogP contribution in [0.2, 0.25) is 0 Å². The molecule has 44 heavy (non-hydrogen) atoms. The van der Waals surface area contributed by atoms with Gasteiger partial charge in [0.15, 0.2) is 6.10 Å². The summed E-state index contributed by atoms with van der Waals surface area (Å²) in [5.74, 6) is -1.50. The van der Waals surface area contributed by atoms with Crippen molar-refractivity contribution in [3.05, 3.63) is 56.8 Å². The van der Waals surface area contributed by atoms with Crippen molar-refractivity contribution in [3.8, 4) is 0 Å². The SMILES string of the molecule is C[N+](C)(C)CCOP(=O)([O-])OC[C@@H](COC(=O)COCc1cc(I)cc(I)c1I)OC(=O)COCc1cc(I)cc(I)c1I. The van der Waals surface area contributed by atoms with E-state index in [-0.39, 0.29) is 26.4 Å². The molecule has 2 aromatic rings. The van der Waals surface area contributed by atoms with Gasteiger partial charge in [0.1, 0.15) is 33.0 Å². The van der Waals surface area contributed by atoms with Crippen molar-refractivity contribution in [1.29, 1.82) is 0 Å². The number of carbonyl (C=O) groups is 2. The average Bonchev–Trinajstić information content (AvgIpc) is 2.90. The molecular formula is C26H30I6NO10P. The number of ether oxygens (including phenoxy) is 4. The van der Waals surface area contributed by atoms with Gasteiger partial charge in [-0.1, -0.05) is 0 Å². The highest BCUT2D eigenvalue weighted by molar-refractivity contribution is 14.1. The molecule has 18 heteroatoms. The van der Waals surface area contributed by atoms with E-state index in [9.17, 15) is 19.0 Å². The molecule has 11 nitrogen and oxygen atoms in total. The molecule has 0 aliphatic rings.